The number of hydrogen-bond donors (Lipinski definition) is 0. The summed E-state index contributed by atoms with van der Waals surface area (Å²) in [6, 6.07) is 0. The van der Waals surface area contributed by atoms with Crippen molar-refractivity contribution >= 4 is 11.6 Å². The Labute approximate surface area is 86.4 Å². The third-order valence-corrected chi connectivity index (χ3v) is 2.00. The van der Waals surface area contributed by atoms with Crippen LogP contribution in [0.5, 0.6) is 0 Å². The van der Waals surface area contributed by atoms with Crippen molar-refractivity contribution in [2.75, 3.05) is 0 Å². The molecule has 0 atom stereocenters. The molecule has 2 heteroatoms. The maximum absolute atomic E-state index is 11.1. The fourth-order valence-corrected chi connectivity index (χ4v) is 1.03. The predicted molar refractivity (Wildman–Crippen MR) is 58.1 cm³/mol. The van der Waals surface area contributed by atoms with Crippen molar-refractivity contribution in [3.63, 3.8) is 0 Å². The Kier molecular flexibility index (Phi) is 6.99. The van der Waals surface area contributed by atoms with E-state index in [1.165, 1.54) is 0 Å². The van der Waals surface area contributed by atoms with Crippen molar-refractivity contribution < 1.29 is 9.59 Å². The lowest BCUT2D eigenvalue weighted by Crippen LogP contribution is -2.01. The minimum Gasteiger partial charge on any atom is -0.300 e. The Morgan fingerprint density at radius 3 is 2.36 bits per heavy atom. The first-order chi connectivity index (χ1) is 6.54. The van der Waals surface area contributed by atoms with E-state index in [4.69, 9.17) is 0 Å². The summed E-state index contributed by atoms with van der Waals surface area (Å²) in [6.07, 6.45) is 7.02. The standard InChI is InChI=1S/C12H20O2/c1-10(2)12(14)9-7-5-4-6-8-11(3)13/h7,9-10H,4-6,8H2,1-3H3/b9-7+. The number of allylic oxidation sites excluding steroid dienone is 2. The third-order valence-electron chi connectivity index (χ3n) is 2.00. The molecule has 14 heavy (non-hydrogen) atoms. The monoisotopic (exact) mass is 196 g/mol. The molecule has 0 fully saturated rings. The molecule has 0 spiro atoms. The van der Waals surface area contributed by atoms with Crippen molar-refractivity contribution in [2.24, 2.45) is 5.92 Å². The summed E-state index contributed by atoms with van der Waals surface area (Å²) in [7, 11) is 0. The summed E-state index contributed by atoms with van der Waals surface area (Å²) < 4.78 is 0. The molecule has 0 unspecified atom stereocenters. The highest BCUT2D eigenvalue weighted by Gasteiger charge is 2.00. The molecule has 0 aromatic carbocycles. The minimum atomic E-state index is 0.0865. The van der Waals surface area contributed by atoms with Crippen LogP contribution < -0.4 is 0 Å². The van der Waals surface area contributed by atoms with Crippen LogP contribution in [0.25, 0.3) is 0 Å². The van der Waals surface area contributed by atoms with Crippen LogP contribution in [0.3, 0.4) is 0 Å². The number of carbonyl (C=O) groups excluding carboxylic acids is 2. The Bertz CT molecular complexity index is 214. The number of rotatable bonds is 7. The molecule has 0 rings (SSSR count). The van der Waals surface area contributed by atoms with Crippen LogP contribution in [0.2, 0.25) is 0 Å². The van der Waals surface area contributed by atoms with Gasteiger partial charge in [0.1, 0.15) is 5.78 Å². The Morgan fingerprint density at radius 2 is 1.86 bits per heavy atom. The summed E-state index contributed by atoms with van der Waals surface area (Å²) in [5.41, 5.74) is 0. The van der Waals surface area contributed by atoms with Gasteiger partial charge in [0.25, 0.3) is 0 Å². The van der Waals surface area contributed by atoms with Gasteiger partial charge in [0, 0.05) is 12.3 Å². The highest BCUT2D eigenvalue weighted by atomic mass is 16.1. The molecule has 0 aliphatic rings. The third kappa shape index (κ3) is 7.71. The summed E-state index contributed by atoms with van der Waals surface area (Å²) in [6.45, 7) is 5.39. The van der Waals surface area contributed by atoms with Crippen molar-refractivity contribution in [1.82, 2.24) is 0 Å². The number of ketones is 2. The van der Waals surface area contributed by atoms with Crippen LogP contribution in [-0.2, 0) is 9.59 Å². The lowest BCUT2D eigenvalue weighted by molar-refractivity contribution is -0.118. The van der Waals surface area contributed by atoms with Gasteiger partial charge in [0.15, 0.2) is 5.78 Å². The number of carbonyl (C=O) groups is 2. The summed E-state index contributed by atoms with van der Waals surface area (Å²) >= 11 is 0. The van der Waals surface area contributed by atoms with E-state index in [2.05, 4.69) is 0 Å². The molecule has 2 nitrogen and oxygen atoms in total. The molecule has 0 aromatic heterocycles. The van der Waals surface area contributed by atoms with E-state index in [1.807, 2.05) is 19.9 Å². The smallest absolute Gasteiger partial charge is 0.157 e. The van der Waals surface area contributed by atoms with Gasteiger partial charge in [-0.1, -0.05) is 19.9 Å². The normalized spacial score (nSPS) is 11.1. The molecule has 80 valence electrons. The van der Waals surface area contributed by atoms with E-state index in [0.29, 0.717) is 6.42 Å². The van der Waals surface area contributed by atoms with Gasteiger partial charge in [-0.2, -0.15) is 0 Å². The van der Waals surface area contributed by atoms with Gasteiger partial charge >= 0.3 is 0 Å². The van der Waals surface area contributed by atoms with Crippen molar-refractivity contribution in [1.29, 1.82) is 0 Å². The van der Waals surface area contributed by atoms with Gasteiger partial charge in [-0.15, -0.1) is 0 Å². The van der Waals surface area contributed by atoms with E-state index >= 15 is 0 Å². The predicted octanol–water partition coefficient (Wildman–Crippen LogP) is 2.92. The highest BCUT2D eigenvalue weighted by molar-refractivity contribution is 5.91. The van der Waals surface area contributed by atoms with Crippen LogP contribution in [0.4, 0.5) is 0 Å². The number of hydrogen-bond acceptors (Lipinski definition) is 2. The Balaban J connectivity index is 3.45. The van der Waals surface area contributed by atoms with Gasteiger partial charge in [0.2, 0.25) is 0 Å². The first-order valence-electron chi connectivity index (χ1n) is 5.24. The molecule has 0 radical (unpaired) electrons. The van der Waals surface area contributed by atoms with E-state index in [0.717, 1.165) is 19.3 Å². The minimum absolute atomic E-state index is 0.0865. The molecule has 0 aromatic rings. The number of Topliss-reactive ketones (excluding diaryl/α,β-unsaturated/α-hetero) is 1. The van der Waals surface area contributed by atoms with Crippen LogP contribution in [-0.4, -0.2) is 11.6 Å². The second kappa shape index (κ2) is 7.48. The fraction of sp³-hybridized carbons (Fsp3) is 0.667. The zero-order valence-corrected chi connectivity index (χ0v) is 9.38. The fourth-order valence-electron chi connectivity index (χ4n) is 1.03. The lowest BCUT2D eigenvalue weighted by atomic mass is 10.1. The van der Waals surface area contributed by atoms with Gasteiger partial charge in [0.05, 0.1) is 0 Å². The summed E-state index contributed by atoms with van der Waals surface area (Å²) in [5, 5.41) is 0. The maximum atomic E-state index is 11.1. The van der Waals surface area contributed by atoms with Crippen LogP contribution >= 0.6 is 0 Å². The van der Waals surface area contributed by atoms with Crippen LogP contribution in [0.15, 0.2) is 12.2 Å². The molecule has 0 bridgehead atoms. The van der Waals surface area contributed by atoms with Gasteiger partial charge in [-0.25, -0.2) is 0 Å². The van der Waals surface area contributed by atoms with E-state index in [-0.39, 0.29) is 17.5 Å². The average molecular weight is 196 g/mol. The van der Waals surface area contributed by atoms with Crippen LogP contribution in [0.1, 0.15) is 46.5 Å². The number of unbranched alkanes of at least 4 members (excludes halogenated alkanes) is 2. The Hall–Kier alpha value is -0.920. The molecular formula is C12H20O2. The summed E-state index contributed by atoms with van der Waals surface area (Å²) in [4.78, 5) is 21.7. The molecule has 0 aliphatic heterocycles. The zero-order valence-electron chi connectivity index (χ0n) is 9.38. The van der Waals surface area contributed by atoms with Crippen molar-refractivity contribution in [2.45, 2.75) is 46.5 Å². The van der Waals surface area contributed by atoms with E-state index in [1.54, 1.807) is 13.0 Å². The highest BCUT2D eigenvalue weighted by Crippen LogP contribution is 2.02. The zero-order chi connectivity index (χ0) is 11.0. The van der Waals surface area contributed by atoms with E-state index < -0.39 is 0 Å². The second-order valence-electron chi connectivity index (χ2n) is 3.91. The Morgan fingerprint density at radius 1 is 1.21 bits per heavy atom. The summed E-state index contributed by atoms with van der Waals surface area (Å²) in [5.74, 6) is 0.507. The lowest BCUT2D eigenvalue weighted by Gasteiger charge is -1.97. The first kappa shape index (κ1) is 13.1. The molecule has 0 aliphatic carbocycles. The van der Waals surface area contributed by atoms with E-state index in [9.17, 15) is 9.59 Å². The van der Waals surface area contributed by atoms with Crippen molar-refractivity contribution in [3.05, 3.63) is 12.2 Å². The maximum Gasteiger partial charge on any atom is 0.157 e. The second-order valence-corrected chi connectivity index (χ2v) is 3.91. The molecule has 0 amide bonds. The van der Waals surface area contributed by atoms with Gasteiger partial charge in [-0.3, -0.25) is 4.79 Å². The van der Waals surface area contributed by atoms with Gasteiger partial charge in [-0.05, 0) is 32.3 Å². The molecule has 0 saturated carbocycles. The van der Waals surface area contributed by atoms with Gasteiger partial charge < -0.3 is 4.79 Å². The molecule has 0 heterocycles. The average Bonchev–Trinajstić information content (AvgIpc) is 2.09. The largest absolute Gasteiger partial charge is 0.300 e. The molecular weight excluding hydrogens is 176 g/mol. The van der Waals surface area contributed by atoms with Crippen LogP contribution in [0, 0.1) is 5.92 Å². The quantitative estimate of drug-likeness (QED) is 0.463. The molecule has 0 N–H and O–H groups in total. The molecule has 0 saturated heterocycles. The van der Waals surface area contributed by atoms with Crippen molar-refractivity contribution in [3.8, 4) is 0 Å². The topological polar surface area (TPSA) is 34.1 Å². The SMILES string of the molecule is CC(=O)CCCC/C=C/C(=O)C(C)C. The first-order valence-corrected chi connectivity index (χ1v) is 5.24.